The number of nitrogens with one attached hydrogen (secondary N) is 1. The number of carbonyl (C=O) groups excluding carboxylic acids is 1. The van der Waals surface area contributed by atoms with Crippen LogP contribution in [0, 0.1) is 5.41 Å². The maximum Gasteiger partial charge on any atom is 0.255 e. The molecule has 1 aromatic carbocycles. The zero-order chi connectivity index (χ0) is 14.6. The predicted octanol–water partition coefficient (Wildman–Crippen LogP) is 3.93. The minimum Gasteiger partial charge on any atom is -0.507 e. The Morgan fingerprint density at radius 1 is 1.47 bits per heavy atom. The smallest absolute Gasteiger partial charge is 0.255 e. The van der Waals surface area contributed by atoms with Crippen molar-refractivity contribution < 1.29 is 9.90 Å². The number of phenols is 1. The van der Waals surface area contributed by atoms with Crippen LogP contribution in [0.2, 0.25) is 0 Å². The zero-order valence-electron chi connectivity index (χ0n) is 11.3. The number of carbonyl (C=O) groups is 1. The highest BCUT2D eigenvalue weighted by Crippen LogP contribution is 2.24. The van der Waals surface area contributed by atoms with Crippen LogP contribution >= 0.6 is 27.5 Å². The van der Waals surface area contributed by atoms with Gasteiger partial charge in [0.25, 0.3) is 5.91 Å². The Balaban J connectivity index is 2.56. The Morgan fingerprint density at radius 3 is 2.63 bits per heavy atom. The molecule has 0 radical (unpaired) electrons. The fourth-order valence-electron chi connectivity index (χ4n) is 1.73. The Morgan fingerprint density at radius 2 is 2.11 bits per heavy atom. The third-order valence-corrected chi connectivity index (χ3v) is 3.32. The van der Waals surface area contributed by atoms with Crippen molar-refractivity contribution in [3.63, 3.8) is 0 Å². The van der Waals surface area contributed by atoms with Crippen LogP contribution in [0.5, 0.6) is 5.75 Å². The summed E-state index contributed by atoms with van der Waals surface area (Å²) in [6.45, 7) is 6.69. The standard InChI is InChI=1S/C14H19BrClNO2/c1-14(2,3)7-10(16)8-17-13(19)11-5-4-9(15)6-12(11)18/h4-6,10,18H,7-8H2,1-3H3,(H,17,19). The summed E-state index contributed by atoms with van der Waals surface area (Å²) in [5.41, 5.74) is 0.375. The quantitative estimate of drug-likeness (QED) is 0.810. The lowest BCUT2D eigenvalue weighted by Crippen LogP contribution is -2.31. The Kier molecular flexibility index (Phi) is 5.68. The van der Waals surface area contributed by atoms with Gasteiger partial charge in [0.15, 0.2) is 0 Å². The third kappa shape index (κ3) is 5.83. The molecule has 1 amide bonds. The lowest BCUT2D eigenvalue weighted by molar-refractivity contribution is 0.0949. The number of hydrogen-bond acceptors (Lipinski definition) is 2. The van der Waals surface area contributed by atoms with E-state index in [1.54, 1.807) is 12.1 Å². The summed E-state index contributed by atoms with van der Waals surface area (Å²) in [4.78, 5) is 11.9. The first kappa shape index (κ1) is 16.3. The molecule has 0 bridgehead atoms. The molecular weight excluding hydrogens is 330 g/mol. The highest BCUT2D eigenvalue weighted by molar-refractivity contribution is 9.10. The second-order valence-corrected chi connectivity index (χ2v) is 7.27. The molecule has 1 aromatic rings. The van der Waals surface area contributed by atoms with Gasteiger partial charge < -0.3 is 10.4 Å². The first-order valence-corrected chi connectivity index (χ1v) is 7.33. The molecule has 0 saturated carbocycles. The molecular formula is C14H19BrClNO2. The number of alkyl halides is 1. The predicted molar refractivity (Wildman–Crippen MR) is 81.9 cm³/mol. The van der Waals surface area contributed by atoms with Crippen LogP contribution in [-0.2, 0) is 0 Å². The van der Waals surface area contributed by atoms with Crippen LogP contribution in [0.4, 0.5) is 0 Å². The number of halogens is 2. The van der Waals surface area contributed by atoms with Gasteiger partial charge in [0, 0.05) is 11.0 Å². The minimum atomic E-state index is -0.315. The molecule has 0 saturated heterocycles. The molecule has 1 rings (SSSR count). The van der Waals surface area contributed by atoms with E-state index in [1.807, 2.05) is 0 Å². The highest BCUT2D eigenvalue weighted by atomic mass is 79.9. The number of benzene rings is 1. The summed E-state index contributed by atoms with van der Waals surface area (Å²) in [6, 6.07) is 4.77. The van der Waals surface area contributed by atoms with Crippen molar-refractivity contribution in [2.24, 2.45) is 5.41 Å². The van der Waals surface area contributed by atoms with Crippen LogP contribution in [0.1, 0.15) is 37.6 Å². The average molecular weight is 349 g/mol. The molecule has 1 unspecified atom stereocenters. The maximum absolute atomic E-state index is 11.9. The summed E-state index contributed by atoms with van der Waals surface area (Å²) < 4.78 is 0.726. The van der Waals surface area contributed by atoms with Crippen molar-refractivity contribution >= 4 is 33.4 Å². The van der Waals surface area contributed by atoms with Crippen molar-refractivity contribution in [2.45, 2.75) is 32.6 Å². The number of amides is 1. The number of rotatable bonds is 4. The van der Waals surface area contributed by atoms with E-state index in [0.717, 1.165) is 10.9 Å². The molecule has 0 aliphatic carbocycles. The fraction of sp³-hybridized carbons (Fsp3) is 0.500. The summed E-state index contributed by atoms with van der Waals surface area (Å²) >= 11 is 9.41. The van der Waals surface area contributed by atoms with Gasteiger partial charge in [0.05, 0.1) is 10.9 Å². The van der Waals surface area contributed by atoms with Gasteiger partial charge >= 0.3 is 0 Å². The van der Waals surface area contributed by atoms with Gasteiger partial charge in [0.2, 0.25) is 0 Å². The third-order valence-electron chi connectivity index (χ3n) is 2.52. The summed E-state index contributed by atoms with van der Waals surface area (Å²) in [5, 5.41) is 12.3. The molecule has 1 atom stereocenters. The lowest BCUT2D eigenvalue weighted by Gasteiger charge is -2.22. The number of hydrogen-bond donors (Lipinski definition) is 2. The van der Waals surface area contributed by atoms with Crippen LogP contribution < -0.4 is 5.32 Å². The molecule has 0 aliphatic rings. The van der Waals surface area contributed by atoms with Gasteiger partial charge in [-0.2, -0.15) is 0 Å². The zero-order valence-corrected chi connectivity index (χ0v) is 13.7. The van der Waals surface area contributed by atoms with Crippen LogP contribution in [0.25, 0.3) is 0 Å². The van der Waals surface area contributed by atoms with E-state index in [1.165, 1.54) is 6.07 Å². The Labute approximate surface area is 127 Å². The van der Waals surface area contributed by atoms with E-state index in [2.05, 4.69) is 42.0 Å². The molecule has 3 nitrogen and oxygen atoms in total. The van der Waals surface area contributed by atoms with E-state index < -0.39 is 0 Å². The van der Waals surface area contributed by atoms with E-state index in [0.29, 0.717) is 6.54 Å². The largest absolute Gasteiger partial charge is 0.507 e. The van der Waals surface area contributed by atoms with E-state index >= 15 is 0 Å². The van der Waals surface area contributed by atoms with E-state index in [-0.39, 0.29) is 28.0 Å². The normalized spacial score (nSPS) is 13.1. The van der Waals surface area contributed by atoms with Gasteiger partial charge in [-0.3, -0.25) is 4.79 Å². The molecule has 19 heavy (non-hydrogen) atoms. The van der Waals surface area contributed by atoms with Gasteiger partial charge in [-0.15, -0.1) is 11.6 Å². The lowest BCUT2D eigenvalue weighted by atomic mass is 9.90. The molecule has 0 aromatic heterocycles. The molecule has 106 valence electrons. The summed E-state index contributed by atoms with van der Waals surface area (Å²) in [7, 11) is 0. The van der Waals surface area contributed by atoms with E-state index in [4.69, 9.17) is 11.6 Å². The molecule has 0 aliphatic heterocycles. The number of phenolic OH excluding ortho intramolecular Hbond substituents is 1. The SMILES string of the molecule is CC(C)(C)CC(Cl)CNC(=O)c1ccc(Br)cc1O. The highest BCUT2D eigenvalue weighted by Gasteiger charge is 2.18. The van der Waals surface area contributed by atoms with Gasteiger partial charge in [-0.05, 0) is 30.0 Å². The fourth-order valence-corrected chi connectivity index (χ4v) is 2.62. The first-order chi connectivity index (χ1) is 8.69. The Bertz CT molecular complexity index is 457. The topological polar surface area (TPSA) is 49.3 Å². The Hall–Kier alpha value is -0.740. The van der Waals surface area contributed by atoms with Crippen LogP contribution in [-0.4, -0.2) is 22.9 Å². The van der Waals surface area contributed by atoms with Gasteiger partial charge in [-0.25, -0.2) is 0 Å². The van der Waals surface area contributed by atoms with Crippen LogP contribution in [0.15, 0.2) is 22.7 Å². The second kappa shape index (κ2) is 6.62. The van der Waals surface area contributed by atoms with E-state index in [9.17, 15) is 9.90 Å². The maximum atomic E-state index is 11.9. The van der Waals surface area contributed by atoms with Gasteiger partial charge in [0.1, 0.15) is 5.75 Å². The molecule has 0 heterocycles. The van der Waals surface area contributed by atoms with Crippen molar-refractivity contribution in [3.8, 4) is 5.75 Å². The van der Waals surface area contributed by atoms with Crippen molar-refractivity contribution in [2.75, 3.05) is 6.54 Å². The monoisotopic (exact) mass is 347 g/mol. The minimum absolute atomic E-state index is 0.0474. The molecule has 0 fully saturated rings. The molecule has 5 heteroatoms. The number of aromatic hydroxyl groups is 1. The van der Waals surface area contributed by atoms with Crippen molar-refractivity contribution in [1.29, 1.82) is 0 Å². The summed E-state index contributed by atoms with van der Waals surface area (Å²) in [5.74, 6) is -0.363. The molecule has 2 N–H and O–H groups in total. The first-order valence-electron chi connectivity index (χ1n) is 6.10. The second-order valence-electron chi connectivity index (χ2n) is 5.73. The van der Waals surface area contributed by atoms with Crippen molar-refractivity contribution in [3.05, 3.63) is 28.2 Å². The van der Waals surface area contributed by atoms with Gasteiger partial charge in [-0.1, -0.05) is 36.7 Å². The summed E-state index contributed by atoms with van der Waals surface area (Å²) in [6.07, 6.45) is 0.807. The average Bonchev–Trinajstić information content (AvgIpc) is 2.23. The van der Waals surface area contributed by atoms with Crippen molar-refractivity contribution in [1.82, 2.24) is 5.32 Å². The van der Waals surface area contributed by atoms with Crippen LogP contribution in [0.3, 0.4) is 0 Å². The molecule has 0 spiro atoms.